The molecule has 27 heavy (non-hydrogen) atoms. The van der Waals surface area contributed by atoms with Gasteiger partial charge in [0, 0.05) is 0 Å². The van der Waals surface area contributed by atoms with Crippen molar-refractivity contribution in [2.75, 3.05) is 13.2 Å². The first-order valence-corrected chi connectivity index (χ1v) is 8.61. The lowest BCUT2D eigenvalue weighted by Gasteiger charge is -2.34. The normalized spacial score (nSPS) is 25.2. The van der Waals surface area contributed by atoms with Crippen molar-refractivity contribution in [3.63, 3.8) is 0 Å². The Labute approximate surface area is 155 Å². The molecule has 1 saturated heterocycles. The fourth-order valence-corrected chi connectivity index (χ4v) is 2.94. The summed E-state index contributed by atoms with van der Waals surface area (Å²) >= 11 is 0. The Morgan fingerprint density at radius 3 is 2.44 bits per heavy atom. The molecule has 7 heteroatoms. The van der Waals surface area contributed by atoms with E-state index >= 15 is 0 Å². The van der Waals surface area contributed by atoms with Gasteiger partial charge in [0.15, 0.2) is 0 Å². The minimum atomic E-state index is -1.22. The van der Waals surface area contributed by atoms with Crippen LogP contribution in [-0.2, 0) is 4.74 Å². The van der Waals surface area contributed by atoms with E-state index in [0.29, 0.717) is 21.9 Å². The Kier molecular flexibility index (Phi) is 5.88. The van der Waals surface area contributed by atoms with Crippen molar-refractivity contribution < 1.29 is 29.6 Å². The lowest BCUT2D eigenvalue weighted by atomic mass is 10.0. The van der Waals surface area contributed by atoms with Crippen molar-refractivity contribution in [1.82, 2.24) is 0 Å². The molecule has 7 nitrogen and oxygen atoms in total. The highest BCUT2D eigenvalue weighted by molar-refractivity contribution is 5.89. The number of aliphatic hydroxyl groups excluding tert-OH is 4. The zero-order valence-electron chi connectivity index (χ0n) is 14.8. The highest BCUT2D eigenvalue weighted by Crippen LogP contribution is 2.19. The minimum absolute atomic E-state index is 0.0388. The van der Waals surface area contributed by atoms with Crippen LogP contribution in [0.15, 0.2) is 51.7 Å². The Balaban J connectivity index is 0.000000168. The summed E-state index contributed by atoms with van der Waals surface area (Å²) in [6.45, 7) is 1.57. The molecule has 2 heterocycles. The molecule has 1 aromatic heterocycles. The van der Waals surface area contributed by atoms with Crippen LogP contribution in [-0.4, -0.2) is 58.1 Å². The second kappa shape index (κ2) is 8.16. The molecule has 2 aromatic carbocycles. The molecule has 3 aromatic rings. The fraction of sp³-hybridized carbons (Fsp3) is 0.350. The molecule has 0 spiro atoms. The standard InChI is InChI=1S/C14H10O2.C6H12O5/c1-9-6-7-11-13(8-9)16-12-5-3-2-4-10(12)14(11)15;7-1-4-6(10)5(9)3(8)2-11-4/h2-8H,1H3;3-10H,1-2H2/t;3-,4+,5+,6+/m.0/s1. The van der Waals surface area contributed by atoms with E-state index in [1.54, 1.807) is 6.07 Å². The SMILES string of the molecule is Cc1ccc2c(=O)c3ccccc3oc2c1.OC[C@H]1OC[C@H](O)[C@@H](O)[C@@H]1O. The van der Waals surface area contributed by atoms with Crippen LogP contribution >= 0.6 is 0 Å². The second-order valence-electron chi connectivity index (χ2n) is 6.53. The second-order valence-corrected chi connectivity index (χ2v) is 6.53. The largest absolute Gasteiger partial charge is 0.456 e. The van der Waals surface area contributed by atoms with Crippen LogP contribution in [0.5, 0.6) is 0 Å². The third-order valence-electron chi connectivity index (χ3n) is 4.52. The lowest BCUT2D eigenvalue weighted by Crippen LogP contribution is -2.53. The zero-order chi connectivity index (χ0) is 19.6. The van der Waals surface area contributed by atoms with Crippen molar-refractivity contribution in [2.45, 2.75) is 31.3 Å². The fourth-order valence-electron chi connectivity index (χ4n) is 2.94. The number of rotatable bonds is 1. The number of ether oxygens (including phenoxy) is 1. The van der Waals surface area contributed by atoms with Gasteiger partial charge in [0.25, 0.3) is 0 Å². The van der Waals surface area contributed by atoms with Gasteiger partial charge in [0.05, 0.1) is 24.0 Å². The molecular formula is C20H22O7. The van der Waals surface area contributed by atoms with Gasteiger partial charge >= 0.3 is 0 Å². The van der Waals surface area contributed by atoms with Gasteiger partial charge in [0.1, 0.15) is 35.6 Å². The van der Waals surface area contributed by atoms with E-state index in [1.165, 1.54) is 0 Å². The summed E-state index contributed by atoms with van der Waals surface area (Å²) in [7, 11) is 0. The third-order valence-corrected chi connectivity index (χ3v) is 4.52. The summed E-state index contributed by atoms with van der Waals surface area (Å²) in [5.41, 5.74) is 2.43. The van der Waals surface area contributed by atoms with Crippen LogP contribution in [0.2, 0.25) is 0 Å². The van der Waals surface area contributed by atoms with Gasteiger partial charge < -0.3 is 29.6 Å². The van der Waals surface area contributed by atoms with Gasteiger partial charge in [-0.05, 0) is 36.8 Å². The predicted molar refractivity (Wildman–Crippen MR) is 99.6 cm³/mol. The molecule has 0 aliphatic carbocycles. The maximum atomic E-state index is 12.1. The average Bonchev–Trinajstić information content (AvgIpc) is 2.67. The molecule has 0 unspecified atom stereocenters. The smallest absolute Gasteiger partial charge is 0.200 e. The van der Waals surface area contributed by atoms with Crippen LogP contribution in [0, 0.1) is 6.92 Å². The quantitative estimate of drug-likeness (QED) is 0.463. The van der Waals surface area contributed by atoms with Gasteiger partial charge in [-0.3, -0.25) is 4.79 Å². The minimum Gasteiger partial charge on any atom is -0.456 e. The summed E-state index contributed by atoms with van der Waals surface area (Å²) < 4.78 is 10.5. The molecule has 0 radical (unpaired) electrons. The van der Waals surface area contributed by atoms with Gasteiger partial charge in [-0.2, -0.15) is 0 Å². The van der Waals surface area contributed by atoms with Crippen molar-refractivity contribution in [3.8, 4) is 0 Å². The predicted octanol–water partition coefficient (Wildman–Crippen LogP) is 0.715. The van der Waals surface area contributed by atoms with Crippen LogP contribution in [0.3, 0.4) is 0 Å². The van der Waals surface area contributed by atoms with Crippen LogP contribution < -0.4 is 5.43 Å². The summed E-state index contributed by atoms with van der Waals surface area (Å²) in [5.74, 6) is 0. The summed E-state index contributed by atoms with van der Waals surface area (Å²) in [4.78, 5) is 12.1. The molecule has 144 valence electrons. The van der Waals surface area contributed by atoms with E-state index in [9.17, 15) is 4.79 Å². The molecule has 1 aliphatic rings. The first kappa shape index (κ1) is 19.5. The zero-order valence-corrected chi connectivity index (χ0v) is 14.8. The number of benzene rings is 2. The molecular weight excluding hydrogens is 352 g/mol. The number of hydrogen-bond donors (Lipinski definition) is 4. The number of para-hydroxylation sites is 1. The van der Waals surface area contributed by atoms with Crippen molar-refractivity contribution >= 4 is 21.9 Å². The van der Waals surface area contributed by atoms with E-state index in [-0.39, 0.29) is 18.6 Å². The number of aliphatic hydroxyl groups is 4. The Hall–Kier alpha value is -2.29. The maximum absolute atomic E-state index is 12.1. The molecule has 4 rings (SSSR count). The number of hydrogen-bond acceptors (Lipinski definition) is 7. The van der Waals surface area contributed by atoms with Crippen LogP contribution in [0.25, 0.3) is 21.9 Å². The van der Waals surface area contributed by atoms with E-state index in [4.69, 9.17) is 29.6 Å². The molecule has 0 amide bonds. The van der Waals surface area contributed by atoms with Crippen molar-refractivity contribution in [2.24, 2.45) is 0 Å². The monoisotopic (exact) mass is 374 g/mol. The van der Waals surface area contributed by atoms with Gasteiger partial charge in [-0.25, -0.2) is 0 Å². The molecule has 1 aliphatic heterocycles. The molecule has 1 fully saturated rings. The van der Waals surface area contributed by atoms with E-state index < -0.39 is 24.4 Å². The van der Waals surface area contributed by atoms with Gasteiger partial charge in [-0.15, -0.1) is 0 Å². The van der Waals surface area contributed by atoms with E-state index in [0.717, 1.165) is 5.56 Å². The van der Waals surface area contributed by atoms with E-state index in [1.807, 2.05) is 43.3 Å². The molecule has 4 atom stereocenters. The molecule has 0 bridgehead atoms. The summed E-state index contributed by atoms with van der Waals surface area (Å²) in [5, 5.41) is 37.0. The number of aryl methyl sites for hydroxylation is 1. The first-order valence-electron chi connectivity index (χ1n) is 8.61. The van der Waals surface area contributed by atoms with Crippen LogP contribution in [0.4, 0.5) is 0 Å². The first-order chi connectivity index (χ1) is 12.9. The van der Waals surface area contributed by atoms with Crippen LogP contribution in [0.1, 0.15) is 5.56 Å². The topological polar surface area (TPSA) is 120 Å². The van der Waals surface area contributed by atoms with Gasteiger partial charge in [-0.1, -0.05) is 18.2 Å². The molecule has 0 saturated carbocycles. The Morgan fingerprint density at radius 2 is 1.70 bits per heavy atom. The lowest BCUT2D eigenvalue weighted by molar-refractivity contribution is -0.195. The highest BCUT2D eigenvalue weighted by Gasteiger charge is 2.36. The third kappa shape index (κ3) is 4.02. The van der Waals surface area contributed by atoms with Gasteiger partial charge in [0.2, 0.25) is 5.43 Å². The average molecular weight is 374 g/mol. The Bertz CT molecular complexity index is 979. The van der Waals surface area contributed by atoms with E-state index in [2.05, 4.69) is 0 Å². The number of fused-ring (bicyclic) bond motifs is 2. The van der Waals surface area contributed by atoms with Crippen molar-refractivity contribution in [1.29, 1.82) is 0 Å². The maximum Gasteiger partial charge on any atom is 0.200 e. The summed E-state index contributed by atoms with van der Waals surface area (Å²) in [6, 6.07) is 13.0. The highest BCUT2D eigenvalue weighted by atomic mass is 16.5. The molecule has 4 N–H and O–H groups in total. The Morgan fingerprint density at radius 1 is 1.00 bits per heavy atom. The van der Waals surface area contributed by atoms with Crippen molar-refractivity contribution in [3.05, 3.63) is 58.3 Å². The summed E-state index contributed by atoms with van der Waals surface area (Å²) in [6.07, 6.45) is -4.27.